The summed E-state index contributed by atoms with van der Waals surface area (Å²) in [6.45, 7) is 8.79. The second-order valence-electron chi connectivity index (χ2n) is 7.09. The molecule has 0 fully saturated rings. The number of aromatic hydroxyl groups is 2. The number of phenolic OH excluding ortho intramolecular Hbond substituents is 2. The summed E-state index contributed by atoms with van der Waals surface area (Å²) in [5.41, 5.74) is 5.07. The Balaban J connectivity index is 2.58. The third kappa shape index (κ3) is 3.80. The average Bonchev–Trinajstić information content (AvgIpc) is 2.55. The van der Waals surface area contributed by atoms with Gasteiger partial charge in [0.05, 0.1) is 13.2 Å². The first kappa shape index (κ1) is 19.3. The Bertz CT molecular complexity index is 699. The molecule has 0 saturated heterocycles. The molecule has 0 heterocycles. The van der Waals surface area contributed by atoms with E-state index in [-0.39, 0.29) is 16.9 Å². The number of phenols is 2. The molecule has 0 amide bonds. The van der Waals surface area contributed by atoms with Crippen molar-refractivity contribution in [2.75, 3.05) is 14.2 Å². The Morgan fingerprint density at radius 2 is 1.12 bits per heavy atom. The fourth-order valence-corrected chi connectivity index (χ4v) is 3.12. The van der Waals surface area contributed by atoms with Crippen molar-refractivity contribution in [1.82, 2.24) is 0 Å². The summed E-state index contributed by atoms with van der Waals surface area (Å²) >= 11 is 0. The summed E-state index contributed by atoms with van der Waals surface area (Å²) in [7, 11) is 3.24. The second kappa shape index (κ2) is 7.46. The SMILES string of the molecule is COCc1cc(C(C)(C)c2cc(C)c(O)c(COC)c2)cc(C)c1O. The van der Waals surface area contributed by atoms with Crippen LogP contribution in [-0.2, 0) is 28.1 Å². The Morgan fingerprint density at radius 3 is 1.44 bits per heavy atom. The number of methoxy groups -OCH3 is 2. The molecule has 2 rings (SSSR count). The van der Waals surface area contributed by atoms with Gasteiger partial charge in [0.25, 0.3) is 0 Å². The van der Waals surface area contributed by atoms with Gasteiger partial charge in [0, 0.05) is 30.8 Å². The summed E-state index contributed by atoms with van der Waals surface area (Å²) < 4.78 is 10.4. The molecule has 0 aliphatic heterocycles. The minimum absolute atomic E-state index is 0.281. The molecular weight excluding hydrogens is 316 g/mol. The van der Waals surface area contributed by atoms with Gasteiger partial charge in [-0.15, -0.1) is 0 Å². The molecule has 25 heavy (non-hydrogen) atoms. The molecule has 0 aromatic heterocycles. The molecule has 0 aliphatic rings. The largest absolute Gasteiger partial charge is 0.507 e. The highest BCUT2D eigenvalue weighted by Crippen LogP contribution is 2.38. The number of hydrogen-bond donors (Lipinski definition) is 2. The van der Waals surface area contributed by atoms with Crippen LogP contribution in [0, 0.1) is 13.8 Å². The number of ether oxygens (including phenoxy) is 2. The van der Waals surface area contributed by atoms with E-state index in [9.17, 15) is 10.2 Å². The monoisotopic (exact) mass is 344 g/mol. The summed E-state index contributed by atoms with van der Waals surface area (Å²) in [5, 5.41) is 20.5. The Morgan fingerprint density at radius 1 is 0.760 bits per heavy atom. The summed E-state index contributed by atoms with van der Waals surface area (Å²) in [6, 6.07) is 7.99. The molecule has 4 nitrogen and oxygen atoms in total. The molecule has 0 radical (unpaired) electrons. The second-order valence-corrected chi connectivity index (χ2v) is 7.09. The maximum Gasteiger partial charge on any atom is 0.124 e. The molecule has 0 spiro atoms. The Labute approximate surface area is 150 Å². The highest BCUT2D eigenvalue weighted by molar-refractivity contribution is 5.51. The van der Waals surface area contributed by atoms with E-state index in [4.69, 9.17) is 9.47 Å². The van der Waals surface area contributed by atoms with Crippen LogP contribution < -0.4 is 0 Å². The van der Waals surface area contributed by atoms with Gasteiger partial charge in [-0.1, -0.05) is 26.0 Å². The van der Waals surface area contributed by atoms with E-state index in [1.807, 2.05) is 38.1 Å². The normalized spacial score (nSPS) is 11.8. The lowest BCUT2D eigenvalue weighted by Crippen LogP contribution is -2.20. The van der Waals surface area contributed by atoms with Crippen LogP contribution in [0.2, 0.25) is 0 Å². The van der Waals surface area contributed by atoms with E-state index < -0.39 is 0 Å². The first-order valence-electron chi connectivity index (χ1n) is 8.36. The van der Waals surface area contributed by atoms with Gasteiger partial charge in [-0.3, -0.25) is 0 Å². The highest BCUT2D eigenvalue weighted by atomic mass is 16.5. The van der Waals surface area contributed by atoms with Crippen molar-refractivity contribution in [1.29, 1.82) is 0 Å². The van der Waals surface area contributed by atoms with Crippen LogP contribution >= 0.6 is 0 Å². The lowest BCUT2D eigenvalue weighted by atomic mass is 9.76. The predicted octanol–water partition coefficient (Wildman–Crippen LogP) is 4.33. The van der Waals surface area contributed by atoms with Crippen molar-refractivity contribution >= 4 is 0 Å². The fourth-order valence-electron chi connectivity index (χ4n) is 3.12. The maximum atomic E-state index is 10.3. The zero-order valence-corrected chi connectivity index (χ0v) is 15.9. The number of benzene rings is 2. The van der Waals surface area contributed by atoms with Gasteiger partial charge in [0.1, 0.15) is 11.5 Å². The minimum atomic E-state index is -0.304. The van der Waals surface area contributed by atoms with Crippen LogP contribution in [0.15, 0.2) is 24.3 Å². The molecule has 0 unspecified atom stereocenters. The third-order valence-electron chi connectivity index (χ3n) is 4.80. The molecule has 4 heteroatoms. The van der Waals surface area contributed by atoms with Crippen LogP contribution in [0.4, 0.5) is 0 Å². The Kier molecular flexibility index (Phi) is 5.76. The first-order chi connectivity index (χ1) is 11.7. The molecule has 2 N–H and O–H groups in total. The summed E-state index contributed by atoms with van der Waals surface area (Å²) in [4.78, 5) is 0. The molecule has 136 valence electrons. The molecule has 0 bridgehead atoms. The topological polar surface area (TPSA) is 58.9 Å². The number of rotatable bonds is 6. The highest BCUT2D eigenvalue weighted by Gasteiger charge is 2.26. The van der Waals surface area contributed by atoms with E-state index >= 15 is 0 Å². The van der Waals surface area contributed by atoms with Crippen LogP contribution in [0.3, 0.4) is 0 Å². The molecule has 0 atom stereocenters. The van der Waals surface area contributed by atoms with E-state index in [1.165, 1.54) is 0 Å². The zero-order valence-electron chi connectivity index (χ0n) is 15.9. The molecular formula is C21H28O4. The molecule has 0 saturated carbocycles. The Hall–Kier alpha value is -2.04. The van der Waals surface area contributed by atoms with Crippen LogP contribution in [-0.4, -0.2) is 24.4 Å². The summed E-state index contributed by atoms with van der Waals surface area (Å²) in [5.74, 6) is 0.562. The lowest BCUT2D eigenvalue weighted by Gasteiger charge is -2.29. The third-order valence-corrected chi connectivity index (χ3v) is 4.80. The van der Waals surface area contributed by atoms with Crippen LogP contribution in [0.5, 0.6) is 11.5 Å². The van der Waals surface area contributed by atoms with Crippen LogP contribution in [0.25, 0.3) is 0 Å². The first-order valence-corrected chi connectivity index (χ1v) is 8.36. The van der Waals surface area contributed by atoms with Crippen molar-refractivity contribution in [2.45, 2.75) is 46.3 Å². The van der Waals surface area contributed by atoms with Crippen molar-refractivity contribution < 1.29 is 19.7 Å². The van der Waals surface area contributed by atoms with Crippen LogP contribution in [0.1, 0.15) is 47.2 Å². The quantitative estimate of drug-likeness (QED) is 0.819. The van der Waals surface area contributed by atoms with E-state index in [0.29, 0.717) is 13.2 Å². The van der Waals surface area contributed by atoms with Crippen molar-refractivity contribution in [3.63, 3.8) is 0 Å². The van der Waals surface area contributed by atoms with Gasteiger partial charge in [-0.2, -0.15) is 0 Å². The van der Waals surface area contributed by atoms with Gasteiger partial charge >= 0.3 is 0 Å². The van der Waals surface area contributed by atoms with E-state index in [0.717, 1.165) is 33.4 Å². The fraction of sp³-hybridized carbons (Fsp3) is 0.429. The van der Waals surface area contributed by atoms with Gasteiger partial charge in [-0.05, 0) is 48.2 Å². The van der Waals surface area contributed by atoms with Crippen molar-refractivity contribution in [3.8, 4) is 11.5 Å². The number of aryl methyl sites for hydroxylation is 2. The average molecular weight is 344 g/mol. The zero-order chi connectivity index (χ0) is 18.8. The number of hydrogen-bond acceptors (Lipinski definition) is 4. The maximum absolute atomic E-state index is 10.3. The van der Waals surface area contributed by atoms with Gasteiger partial charge in [-0.25, -0.2) is 0 Å². The van der Waals surface area contributed by atoms with Gasteiger partial charge in [0.2, 0.25) is 0 Å². The summed E-state index contributed by atoms with van der Waals surface area (Å²) in [6.07, 6.45) is 0. The van der Waals surface area contributed by atoms with Crippen molar-refractivity contribution in [3.05, 3.63) is 57.6 Å². The van der Waals surface area contributed by atoms with Crippen molar-refractivity contribution in [2.24, 2.45) is 0 Å². The van der Waals surface area contributed by atoms with Gasteiger partial charge in [0.15, 0.2) is 0 Å². The predicted molar refractivity (Wildman–Crippen MR) is 99.2 cm³/mol. The molecule has 0 aliphatic carbocycles. The van der Waals surface area contributed by atoms with E-state index in [2.05, 4.69) is 13.8 Å². The van der Waals surface area contributed by atoms with Gasteiger partial charge < -0.3 is 19.7 Å². The minimum Gasteiger partial charge on any atom is -0.507 e. The van der Waals surface area contributed by atoms with E-state index in [1.54, 1.807) is 14.2 Å². The molecule has 2 aromatic rings. The standard InChI is InChI=1S/C21H28O4/c1-13-7-17(9-15(11-24-5)19(13)22)21(3,4)18-8-14(2)20(23)16(10-18)12-25-6/h7-10,22-23H,11-12H2,1-6H3. The molecule has 2 aromatic carbocycles. The lowest BCUT2D eigenvalue weighted by molar-refractivity contribution is 0.181. The smallest absolute Gasteiger partial charge is 0.124 e.